The van der Waals surface area contributed by atoms with Crippen molar-refractivity contribution in [3.63, 3.8) is 0 Å². The van der Waals surface area contributed by atoms with Crippen LogP contribution in [-0.2, 0) is 60.7 Å². The number of nitrogens with one attached hydrogen (secondary N) is 4. The Bertz CT molecular complexity index is 3020. The van der Waals surface area contributed by atoms with Crippen LogP contribution in [0.15, 0.2) is 94.1 Å². The molecule has 0 spiro atoms. The van der Waals surface area contributed by atoms with Gasteiger partial charge in [-0.1, -0.05) is 54.7 Å². The zero-order valence-electron chi connectivity index (χ0n) is 41.4. The Morgan fingerprint density at radius 3 is 2.13 bits per heavy atom. The van der Waals surface area contributed by atoms with Crippen LogP contribution in [0.3, 0.4) is 0 Å². The molecular weight excluding hydrogens is 1020 g/mol. The van der Waals surface area contributed by atoms with Crippen molar-refractivity contribution in [1.29, 1.82) is 0 Å². The van der Waals surface area contributed by atoms with Gasteiger partial charge in [-0.3, -0.25) is 38.4 Å². The molecule has 5 rings (SSSR count). The SMILES string of the molecule is O=CO[C@@H](CCC(=O)NCCCC(=O)CC[C@H](NC(=O)N[C@@H](CCC(=O)O)OC=O)C(=O)O)CC(=O)C(Cc1ccccc1)NC(=O)CCC(=S)Cc1ccc(-c2c3ccc(=O)cc-3oc3cc(O)ccc23)c(C(=O)O)c1. The summed E-state index contributed by atoms with van der Waals surface area (Å²) in [6.45, 7) is 0.187. The van der Waals surface area contributed by atoms with Gasteiger partial charge < -0.3 is 55.6 Å². The van der Waals surface area contributed by atoms with Crippen LogP contribution in [0.1, 0.15) is 92.1 Å². The lowest BCUT2D eigenvalue weighted by Crippen LogP contribution is -2.49. The van der Waals surface area contributed by atoms with Gasteiger partial charge in [-0.2, -0.15) is 0 Å². The maximum atomic E-state index is 13.8. The highest BCUT2D eigenvalue weighted by Gasteiger charge is 2.28. The minimum Gasteiger partial charge on any atom is -0.508 e. The second-order valence-electron chi connectivity index (χ2n) is 17.8. The number of phenols is 1. The number of fused-ring (bicyclic) bond motifs is 2. The molecule has 3 aromatic rings. The van der Waals surface area contributed by atoms with Crippen LogP contribution < -0.4 is 26.7 Å². The minimum atomic E-state index is -1.52. The molecular formula is C54H56N4O18S. The van der Waals surface area contributed by atoms with Gasteiger partial charge in [-0.25, -0.2) is 14.4 Å². The number of benzene rings is 4. The quantitative estimate of drug-likeness (QED) is 0.00897. The summed E-state index contributed by atoms with van der Waals surface area (Å²) in [6, 6.07) is 18.6. The topological polar surface area (TPSA) is 348 Å². The van der Waals surface area contributed by atoms with E-state index in [1.54, 1.807) is 54.6 Å². The van der Waals surface area contributed by atoms with Gasteiger partial charge in [-0.05, 0) is 84.0 Å². The number of carbonyl (C=O) groups excluding carboxylic acids is 7. The standard InChI is InChI=1S/C54H56N4O18S/c59-29-74-36(12-18-47(65)55-22-4-7-33(61)11-17-42(53(71)72)57-54(73)58-49(75-30-60)20-21-50(67)68)28-44(64)43(25-31-5-2-1-3-6-31)56-48(66)19-13-37(77)23-32-8-14-38(41(24-32)52(69)70)51-39-15-9-34(62)26-45(39)76-46-27-35(63)10-16-40(46)51/h1-3,5-6,8-10,14-16,24,26-27,29-30,36,42-43,49,62H,4,7,11-13,17-23,25,28H2,(H,55,65)(H,56,66)(H,67,68)(H,69,70)(H,71,72)(H2,57,58,73)/t36-,42-,43?,49+/m0/s1. The first kappa shape index (κ1) is 59.0. The number of carbonyl (C=O) groups is 10. The van der Waals surface area contributed by atoms with Crippen molar-refractivity contribution < 1.29 is 82.3 Å². The van der Waals surface area contributed by atoms with Gasteiger partial charge in [-0.15, -0.1) is 0 Å². The maximum absolute atomic E-state index is 13.8. The van der Waals surface area contributed by atoms with Crippen LogP contribution in [0.5, 0.6) is 5.75 Å². The van der Waals surface area contributed by atoms with E-state index in [-0.39, 0.29) is 130 Å². The van der Waals surface area contributed by atoms with E-state index in [9.17, 15) is 68.1 Å². The van der Waals surface area contributed by atoms with Crippen molar-refractivity contribution in [3.05, 3.63) is 112 Å². The molecule has 77 heavy (non-hydrogen) atoms. The number of ether oxygens (including phenoxy) is 2. The van der Waals surface area contributed by atoms with Gasteiger partial charge in [0.05, 0.1) is 18.0 Å². The Morgan fingerprint density at radius 1 is 0.688 bits per heavy atom. The van der Waals surface area contributed by atoms with Crippen molar-refractivity contribution >= 4 is 88.3 Å². The van der Waals surface area contributed by atoms with E-state index in [2.05, 4.69) is 26.0 Å². The van der Waals surface area contributed by atoms with Crippen LogP contribution in [0.4, 0.5) is 4.79 Å². The molecule has 0 saturated carbocycles. The molecule has 3 aromatic carbocycles. The lowest BCUT2D eigenvalue weighted by atomic mass is 9.89. The number of rotatable bonds is 33. The Kier molecular flexibility index (Phi) is 22.5. The number of ketones is 2. The molecule has 8 N–H and O–H groups in total. The van der Waals surface area contributed by atoms with Crippen LogP contribution in [-0.4, -0.2) is 117 Å². The number of Topliss-reactive ketones (excluding diaryl/α,β-unsaturated/α-hetero) is 2. The number of amides is 4. The molecule has 22 nitrogen and oxygen atoms in total. The van der Waals surface area contributed by atoms with E-state index >= 15 is 0 Å². The summed E-state index contributed by atoms with van der Waals surface area (Å²) in [4.78, 5) is 135. The summed E-state index contributed by atoms with van der Waals surface area (Å²) >= 11 is 5.65. The van der Waals surface area contributed by atoms with Crippen LogP contribution >= 0.6 is 12.2 Å². The van der Waals surface area contributed by atoms with Crippen LogP contribution in [0.2, 0.25) is 0 Å². The van der Waals surface area contributed by atoms with Crippen molar-refractivity contribution in [3.8, 4) is 28.2 Å². The van der Waals surface area contributed by atoms with Gasteiger partial charge in [0.2, 0.25) is 11.8 Å². The highest BCUT2D eigenvalue weighted by atomic mass is 32.1. The second-order valence-corrected chi connectivity index (χ2v) is 18.4. The Balaban J connectivity index is 1.11. The molecule has 0 aromatic heterocycles. The number of hydrogen-bond donors (Lipinski definition) is 8. The first-order valence-corrected chi connectivity index (χ1v) is 24.7. The summed E-state index contributed by atoms with van der Waals surface area (Å²) in [5.41, 5.74) is 2.39. The largest absolute Gasteiger partial charge is 0.508 e. The smallest absolute Gasteiger partial charge is 0.336 e. The van der Waals surface area contributed by atoms with E-state index in [0.717, 1.165) is 5.56 Å². The average molecular weight is 1080 g/mol. The molecule has 0 radical (unpaired) electrons. The number of aromatic hydroxyl groups is 1. The van der Waals surface area contributed by atoms with E-state index < -0.39 is 72.4 Å². The average Bonchev–Trinajstić information content (AvgIpc) is 3.41. The summed E-state index contributed by atoms with van der Waals surface area (Å²) < 4.78 is 15.7. The van der Waals surface area contributed by atoms with Gasteiger partial charge in [0.15, 0.2) is 17.4 Å². The molecule has 2 aliphatic rings. The fourth-order valence-corrected chi connectivity index (χ4v) is 8.53. The Morgan fingerprint density at radius 2 is 1.43 bits per heavy atom. The third-order valence-corrected chi connectivity index (χ3v) is 12.4. The molecule has 1 unspecified atom stereocenters. The van der Waals surface area contributed by atoms with Crippen molar-refractivity contribution in [2.45, 2.75) is 108 Å². The second kappa shape index (κ2) is 29.3. The van der Waals surface area contributed by atoms with Crippen LogP contribution in [0, 0.1) is 0 Å². The molecule has 1 heterocycles. The normalized spacial score (nSPS) is 12.5. The molecule has 0 fully saturated rings. The van der Waals surface area contributed by atoms with Gasteiger partial charge >= 0.3 is 23.9 Å². The van der Waals surface area contributed by atoms with Gasteiger partial charge in [0.25, 0.3) is 12.9 Å². The highest BCUT2D eigenvalue weighted by molar-refractivity contribution is 7.80. The number of aliphatic carboxylic acids is 2. The Labute approximate surface area is 444 Å². The third kappa shape index (κ3) is 18.8. The lowest BCUT2D eigenvalue weighted by Gasteiger charge is -2.21. The van der Waals surface area contributed by atoms with E-state index in [4.69, 9.17) is 26.5 Å². The molecule has 4 amide bonds. The molecule has 4 atom stereocenters. The highest BCUT2D eigenvalue weighted by Crippen LogP contribution is 2.42. The minimum absolute atomic E-state index is 0.00841. The molecule has 23 heteroatoms. The zero-order chi connectivity index (χ0) is 56.0. The number of hydrogen-bond acceptors (Lipinski definition) is 16. The molecule has 1 aliphatic heterocycles. The van der Waals surface area contributed by atoms with Gasteiger partial charge in [0.1, 0.15) is 35.0 Å². The summed E-state index contributed by atoms with van der Waals surface area (Å²) in [7, 11) is 0. The lowest BCUT2D eigenvalue weighted by molar-refractivity contribution is -0.141. The molecule has 406 valence electrons. The van der Waals surface area contributed by atoms with Crippen LogP contribution in [0.25, 0.3) is 33.4 Å². The predicted molar refractivity (Wildman–Crippen MR) is 278 cm³/mol. The maximum Gasteiger partial charge on any atom is 0.336 e. The summed E-state index contributed by atoms with van der Waals surface area (Å²) in [6.07, 6.45) is -3.98. The first-order chi connectivity index (χ1) is 36.8. The number of carboxylic acid groups (broad SMARTS) is 3. The number of phenolic OH excluding ortho intramolecular Hbond substituents is 1. The fraction of sp³-hybridized carbons (Fsp3) is 0.333. The van der Waals surface area contributed by atoms with E-state index in [1.807, 2.05) is 0 Å². The van der Waals surface area contributed by atoms with Crippen molar-refractivity contribution in [2.75, 3.05) is 6.54 Å². The van der Waals surface area contributed by atoms with Crippen molar-refractivity contribution in [1.82, 2.24) is 21.3 Å². The predicted octanol–water partition coefficient (Wildman–Crippen LogP) is 5.03. The Hall–Kier alpha value is -8.86. The van der Waals surface area contributed by atoms with Gasteiger partial charge in [0, 0.05) is 80.1 Å². The third-order valence-electron chi connectivity index (χ3n) is 12.1. The molecule has 0 saturated heterocycles. The number of aromatic carboxylic acids is 1. The number of carboxylic acids is 3. The monoisotopic (exact) mass is 1080 g/mol. The number of thiocarbonyl (C=S) groups is 1. The molecule has 0 bridgehead atoms. The van der Waals surface area contributed by atoms with E-state index in [1.165, 1.54) is 30.3 Å². The molecule has 1 aliphatic carbocycles. The van der Waals surface area contributed by atoms with E-state index in [0.29, 0.717) is 32.5 Å². The summed E-state index contributed by atoms with van der Waals surface area (Å²) in [5, 5.41) is 49.1. The first-order valence-electron chi connectivity index (χ1n) is 24.3. The fourth-order valence-electron chi connectivity index (χ4n) is 8.26. The number of urea groups is 1. The zero-order valence-corrected chi connectivity index (χ0v) is 42.2. The van der Waals surface area contributed by atoms with Crippen molar-refractivity contribution in [2.24, 2.45) is 0 Å². The summed E-state index contributed by atoms with van der Waals surface area (Å²) in [5.74, 6) is -5.66.